The van der Waals surface area contributed by atoms with Gasteiger partial charge in [-0.1, -0.05) is 12.2 Å². The second kappa shape index (κ2) is 4.91. The molecule has 0 spiro atoms. The van der Waals surface area contributed by atoms with E-state index in [9.17, 15) is 27.2 Å². The number of nitrogens with zero attached hydrogens (tertiary/aromatic N) is 1. The molecule has 3 nitrogen and oxygen atoms in total. The van der Waals surface area contributed by atoms with Crippen LogP contribution in [0.2, 0.25) is 0 Å². The lowest BCUT2D eigenvalue weighted by Gasteiger charge is -2.38. The van der Waals surface area contributed by atoms with Crippen LogP contribution < -0.4 is 4.90 Å². The van der Waals surface area contributed by atoms with E-state index in [0.29, 0.717) is 12.1 Å². The van der Waals surface area contributed by atoms with Crippen molar-refractivity contribution < 1.29 is 27.2 Å². The zero-order valence-corrected chi connectivity index (χ0v) is 12.4. The molecule has 7 heteroatoms. The van der Waals surface area contributed by atoms with E-state index in [1.807, 2.05) is 12.2 Å². The number of fused-ring (bicyclic) bond motifs is 1. The number of alkyl halides is 3. The fourth-order valence-electron chi connectivity index (χ4n) is 4.20. The van der Waals surface area contributed by atoms with Crippen LogP contribution in [0.4, 0.5) is 23.2 Å². The molecule has 1 aromatic rings. The molecule has 0 aromatic heterocycles. The van der Waals surface area contributed by atoms with Crippen LogP contribution in [0.15, 0.2) is 30.4 Å². The molecule has 2 amide bonds. The average molecular weight is 339 g/mol. The Morgan fingerprint density at radius 1 is 0.958 bits per heavy atom. The summed E-state index contributed by atoms with van der Waals surface area (Å²) in [6.45, 7) is 0. The first-order valence-corrected chi connectivity index (χ1v) is 7.72. The summed E-state index contributed by atoms with van der Waals surface area (Å²) in [5.74, 6) is -3.52. The van der Waals surface area contributed by atoms with Gasteiger partial charge in [0.25, 0.3) is 0 Å². The molecule has 0 N–H and O–H groups in total. The molecule has 1 aliphatic heterocycles. The van der Waals surface area contributed by atoms with E-state index in [1.165, 1.54) is 0 Å². The Balaban J connectivity index is 1.76. The minimum Gasteiger partial charge on any atom is -0.274 e. The monoisotopic (exact) mass is 339 g/mol. The molecule has 0 radical (unpaired) electrons. The van der Waals surface area contributed by atoms with Crippen molar-refractivity contribution in [3.63, 3.8) is 0 Å². The third-order valence-electron chi connectivity index (χ3n) is 5.27. The second-order valence-electron chi connectivity index (χ2n) is 6.52. The largest absolute Gasteiger partial charge is 0.419 e. The maximum atomic E-state index is 13.5. The van der Waals surface area contributed by atoms with Crippen LogP contribution in [-0.4, -0.2) is 11.8 Å². The summed E-state index contributed by atoms with van der Waals surface area (Å²) in [5.41, 5.74) is -1.69. The Bertz CT molecular complexity index is 738. The van der Waals surface area contributed by atoms with Crippen LogP contribution in [0.3, 0.4) is 0 Å². The van der Waals surface area contributed by atoms with E-state index in [-0.39, 0.29) is 17.5 Å². The van der Waals surface area contributed by atoms with Gasteiger partial charge in [0, 0.05) is 0 Å². The molecule has 24 heavy (non-hydrogen) atoms. The number of allylic oxidation sites excluding steroid dienone is 2. The van der Waals surface area contributed by atoms with Crippen molar-refractivity contribution >= 4 is 17.5 Å². The summed E-state index contributed by atoms with van der Waals surface area (Å²) in [7, 11) is 0. The molecular formula is C17H13F4NO2. The average Bonchev–Trinajstić information content (AvgIpc) is 2.82. The molecule has 3 aliphatic carbocycles. The van der Waals surface area contributed by atoms with Crippen LogP contribution in [0.5, 0.6) is 0 Å². The Labute approximate surface area is 134 Å². The lowest BCUT2D eigenvalue weighted by Crippen LogP contribution is -2.38. The normalized spacial score (nSPS) is 31.8. The highest BCUT2D eigenvalue weighted by molar-refractivity contribution is 6.22. The zero-order valence-electron chi connectivity index (χ0n) is 12.4. The molecule has 2 fully saturated rings. The Morgan fingerprint density at radius 2 is 1.50 bits per heavy atom. The topological polar surface area (TPSA) is 37.4 Å². The van der Waals surface area contributed by atoms with E-state index >= 15 is 0 Å². The molecule has 4 unspecified atom stereocenters. The lowest BCUT2D eigenvalue weighted by molar-refractivity contribution is -0.140. The van der Waals surface area contributed by atoms with E-state index in [1.54, 1.807) is 0 Å². The van der Waals surface area contributed by atoms with E-state index in [2.05, 4.69) is 0 Å². The van der Waals surface area contributed by atoms with Gasteiger partial charge in [-0.05, 0) is 42.9 Å². The predicted molar refractivity (Wildman–Crippen MR) is 76.2 cm³/mol. The van der Waals surface area contributed by atoms with E-state index in [4.69, 9.17) is 0 Å². The van der Waals surface area contributed by atoms with Crippen LogP contribution >= 0.6 is 0 Å². The third-order valence-corrected chi connectivity index (χ3v) is 5.27. The number of carbonyl (C=O) groups excluding carboxylic acids is 2. The number of carbonyl (C=O) groups is 2. The van der Waals surface area contributed by atoms with Crippen molar-refractivity contribution in [2.45, 2.75) is 19.0 Å². The van der Waals surface area contributed by atoms with E-state index in [0.717, 1.165) is 23.8 Å². The van der Waals surface area contributed by atoms with Crippen LogP contribution in [0.1, 0.15) is 18.4 Å². The van der Waals surface area contributed by atoms with Crippen molar-refractivity contribution in [2.24, 2.45) is 23.7 Å². The first-order valence-electron chi connectivity index (χ1n) is 7.72. The minimum atomic E-state index is -4.89. The fourth-order valence-corrected chi connectivity index (χ4v) is 4.20. The van der Waals surface area contributed by atoms with Crippen LogP contribution in [-0.2, 0) is 15.8 Å². The number of anilines is 1. The maximum Gasteiger partial charge on any atom is 0.419 e. The highest BCUT2D eigenvalue weighted by Gasteiger charge is 2.57. The van der Waals surface area contributed by atoms with Crippen molar-refractivity contribution in [2.75, 3.05) is 4.90 Å². The van der Waals surface area contributed by atoms with Gasteiger partial charge in [-0.3, -0.25) is 9.59 Å². The number of benzene rings is 1. The molecule has 1 heterocycles. The molecule has 2 bridgehead atoms. The summed E-state index contributed by atoms with van der Waals surface area (Å²) >= 11 is 0. The summed E-state index contributed by atoms with van der Waals surface area (Å²) in [6, 6.07) is 2.23. The molecule has 1 aromatic carbocycles. The zero-order chi connectivity index (χ0) is 17.2. The van der Waals surface area contributed by atoms with Gasteiger partial charge in [0.15, 0.2) is 0 Å². The summed E-state index contributed by atoms with van der Waals surface area (Å²) in [5, 5.41) is 0. The van der Waals surface area contributed by atoms with Crippen LogP contribution in [0.25, 0.3) is 0 Å². The standard InChI is InChI=1S/C17H13F4NO2/c18-12-6-5-10(7-11(12)17(19,20)21)22-15(23)13-8-1-2-9(4-3-8)14(13)16(22)24/h1-2,5-9,13-14H,3-4H2. The summed E-state index contributed by atoms with van der Waals surface area (Å²) in [4.78, 5) is 26.2. The van der Waals surface area contributed by atoms with E-state index < -0.39 is 41.2 Å². The summed E-state index contributed by atoms with van der Waals surface area (Å²) < 4.78 is 52.2. The molecule has 126 valence electrons. The maximum absolute atomic E-state index is 13.5. The molecule has 4 atom stereocenters. The quantitative estimate of drug-likeness (QED) is 0.446. The predicted octanol–water partition coefficient (Wildman–Crippen LogP) is 3.55. The highest BCUT2D eigenvalue weighted by atomic mass is 19.4. The number of rotatable bonds is 1. The molecule has 4 aliphatic rings. The number of imide groups is 1. The van der Waals surface area contributed by atoms with Crippen LogP contribution in [0, 0.1) is 29.5 Å². The number of halogens is 4. The van der Waals surface area contributed by atoms with Gasteiger partial charge in [0.2, 0.25) is 11.8 Å². The fraction of sp³-hybridized carbons (Fsp3) is 0.412. The van der Waals surface area contributed by atoms with Crippen molar-refractivity contribution in [1.82, 2.24) is 0 Å². The van der Waals surface area contributed by atoms with Crippen molar-refractivity contribution in [3.8, 4) is 0 Å². The Kier molecular flexibility index (Phi) is 3.14. The smallest absolute Gasteiger partial charge is 0.274 e. The van der Waals surface area contributed by atoms with Crippen molar-refractivity contribution in [1.29, 1.82) is 0 Å². The van der Waals surface area contributed by atoms with Gasteiger partial charge in [0.1, 0.15) is 5.82 Å². The first kappa shape index (κ1) is 15.4. The Morgan fingerprint density at radius 3 is 1.96 bits per heavy atom. The van der Waals surface area contributed by atoms with Gasteiger partial charge in [0.05, 0.1) is 23.1 Å². The molecule has 5 rings (SSSR count). The number of amides is 2. The molecule has 1 saturated heterocycles. The lowest BCUT2D eigenvalue weighted by atomic mass is 9.63. The third kappa shape index (κ3) is 2.03. The Hall–Kier alpha value is -2.18. The molecule has 1 saturated carbocycles. The summed E-state index contributed by atoms with van der Waals surface area (Å²) in [6.07, 6.45) is 0.559. The van der Waals surface area contributed by atoms with Gasteiger partial charge in [-0.15, -0.1) is 0 Å². The minimum absolute atomic E-state index is 0.0519. The second-order valence-corrected chi connectivity index (χ2v) is 6.52. The van der Waals surface area contributed by atoms with Gasteiger partial charge in [-0.2, -0.15) is 13.2 Å². The number of hydrogen-bond donors (Lipinski definition) is 0. The van der Waals surface area contributed by atoms with Crippen molar-refractivity contribution in [3.05, 3.63) is 41.7 Å². The van der Waals surface area contributed by atoms with Gasteiger partial charge >= 0.3 is 6.18 Å². The number of hydrogen-bond acceptors (Lipinski definition) is 2. The SMILES string of the molecule is O=C1C2C3C=CC(CC3)C2C(=O)N1c1ccc(F)c(C(F)(F)F)c1. The first-order chi connectivity index (χ1) is 11.3. The van der Waals surface area contributed by atoms with Gasteiger partial charge < -0.3 is 0 Å². The highest BCUT2D eigenvalue weighted by Crippen LogP contribution is 2.50. The van der Waals surface area contributed by atoms with Gasteiger partial charge in [-0.25, -0.2) is 9.29 Å². The molecular weight excluding hydrogens is 326 g/mol.